The summed E-state index contributed by atoms with van der Waals surface area (Å²) in [6.45, 7) is 11.8. The Morgan fingerprint density at radius 1 is 0.878 bits per heavy atom. The molecule has 0 radical (unpaired) electrons. The smallest absolute Gasteiger partial charge is 0.229 e. The first-order chi connectivity index (χ1) is 20.0. The van der Waals surface area contributed by atoms with Crippen molar-refractivity contribution in [2.45, 2.75) is 71.1 Å². The predicted octanol–water partition coefficient (Wildman–Crippen LogP) is 4.82. The van der Waals surface area contributed by atoms with Crippen molar-refractivity contribution < 1.29 is 14.2 Å². The molecule has 1 N–H and O–H groups in total. The normalized spacial score (nSPS) is 25.5. The van der Waals surface area contributed by atoms with Crippen molar-refractivity contribution in [2.24, 2.45) is 5.92 Å². The van der Waals surface area contributed by atoms with E-state index in [9.17, 15) is 0 Å². The lowest BCUT2D eigenvalue weighted by Gasteiger charge is -2.37. The number of methoxy groups -OCH3 is 1. The molecule has 4 heterocycles. The van der Waals surface area contributed by atoms with Crippen LogP contribution in [0, 0.1) is 5.92 Å². The van der Waals surface area contributed by atoms with Gasteiger partial charge in [0.25, 0.3) is 0 Å². The van der Waals surface area contributed by atoms with Crippen molar-refractivity contribution in [3.8, 4) is 17.0 Å². The first kappa shape index (κ1) is 28.1. The molecule has 2 aromatic heterocycles. The quantitative estimate of drug-likeness (QED) is 0.437. The van der Waals surface area contributed by atoms with Crippen molar-refractivity contribution in [3.63, 3.8) is 0 Å². The molecule has 0 bridgehead atoms. The Labute approximate surface area is 243 Å². The molecule has 3 aliphatic rings. The van der Waals surface area contributed by atoms with Crippen LogP contribution in [0.2, 0.25) is 0 Å². The third-order valence-corrected chi connectivity index (χ3v) is 8.97. The lowest BCUT2D eigenvalue weighted by atomic mass is 9.87. The molecule has 0 unspecified atom stereocenters. The number of nitrogens with zero attached hydrogens (tertiary/aromatic N) is 5. The summed E-state index contributed by atoms with van der Waals surface area (Å²) in [5.74, 6) is 3.39. The second-order valence-electron chi connectivity index (χ2n) is 12.0. The highest BCUT2D eigenvalue weighted by atomic mass is 16.5. The molecule has 2 saturated heterocycles. The molecule has 1 aromatic carbocycles. The van der Waals surface area contributed by atoms with Gasteiger partial charge >= 0.3 is 0 Å². The van der Waals surface area contributed by atoms with Crippen LogP contribution in [0.4, 0.5) is 11.8 Å². The van der Waals surface area contributed by atoms with Gasteiger partial charge in [-0.2, -0.15) is 9.97 Å². The SMILES string of the molecule is COc1ccc(-c2ccc3c(N4CCOC[C@@H]4C)nc(N4CCOC[C@@H]4C)nc3n2)cc1CNC1CCC(C)CC1. The summed E-state index contributed by atoms with van der Waals surface area (Å²) in [5.41, 5.74) is 3.82. The fourth-order valence-electron chi connectivity index (χ4n) is 6.35. The van der Waals surface area contributed by atoms with Gasteiger partial charge < -0.3 is 29.3 Å². The summed E-state index contributed by atoms with van der Waals surface area (Å²) >= 11 is 0. The average Bonchev–Trinajstić information content (AvgIpc) is 3.00. The number of fused-ring (bicyclic) bond motifs is 1. The predicted molar refractivity (Wildman–Crippen MR) is 163 cm³/mol. The molecule has 2 aliphatic heterocycles. The first-order valence-electron chi connectivity index (χ1n) is 15.3. The number of hydrogen-bond donors (Lipinski definition) is 1. The molecule has 0 amide bonds. The van der Waals surface area contributed by atoms with Crippen LogP contribution >= 0.6 is 0 Å². The molecular formula is C32H44N6O3. The van der Waals surface area contributed by atoms with Crippen LogP contribution < -0.4 is 19.9 Å². The number of morpholine rings is 2. The lowest BCUT2D eigenvalue weighted by Crippen LogP contribution is -2.46. The van der Waals surface area contributed by atoms with E-state index >= 15 is 0 Å². The van der Waals surface area contributed by atoms with Crippen LogP contribution in [0.25, 0.3) is 22.3 Å². The fraction of sp³-hybridized carbons (Fsp3) is 0.594. The Morgan fingerprint density at radius 3 is 2.32 bits per heavy atom. The van der Waals surface area contributed by atoms with E-state index in [0.717, 1.165) is 59.3 Å². The van der Waals surface area contributed by atoms with E-state index in [-0.39, 0.29) is 12.1 Å². The molecule has 1 aliphatic carbocycles. The zero-order chi connectivity index (χ0) is 28.3. The van der Waals surface area contributed by atoms with Crippen molar-refractivity contribution >= 4 is 22.8 Å². The van der Waals surface area contributed by atoms with Crippen molar-refractivity contribution in [1.29, 1.82) is 0 Å². The molecule has 3 aromatic rings. The van der Waals surface area contributed by atoms with Crippen LogP contribution in [0.15, 0.2) is 30.3 Å². The van der Waals surface area contributed by atoms with Crippen LogP contribution in [0.5, 0.6) is 5.75 Å². The summed E-state index contributed by atoms with van der Waals surface area (Å²) in [6.07, 6.45) is 5.08. The zero-order valence-corrected chi connectivity index (χ0v) is 24.9. The van der Waals surface area contributed by atoms with E-state index in [1.807, 2.05) is 0 Å². The molecule has 6 rings (SSSR count). The number of benzene rings is 1. The Bertz CT molecular complexity index is 1340. The van der Waals surface area contributed by atoms with Gasteiger partial charge in [0.1, 0.15) is 11.6 Å². The van der Waals surface area contributed by atoms with E-state index in [1.165, 1.54) is 25.7 Å². The van der Waals surface area contributed by atoms with E-state index in [2.05, 4.69) is 66.2 Å². The monoisotopic (exact) mass is 560 g/mol. The van der Waals surface area contributed by atoms with E-state index < -0.39 is 0 Å². The second kappa shape index (κ2) is 12.5. The number of aromatic nitrogens is 3. The maximum atomic E-state index is 5.74. The van der Waals surface area contributed by atoms with Crippen LogP contribution in [-0.2, 0) is 16.0 Å². The summed E-state index contributed by atoms with van der Waals surface area (Å²) in [6, 6.07) is 11.6. The van der Waals surface area contributed by atoms with Crippen molar-refractivity contribution in [1.82, 2.24) is 20.3 Å². The van der Waals surface area contributed by atoms with Crippen LogP contribution in [0.3, 0.4) is 0 Å². The van der Waals surface area contributed by atoms with Gasteiger partial charge in [-0.1, -0.05) is 6.92 Å². The third-order valence-electron chi connectivity index (χ3n) is 8.97. The highest BCUT2D eigenvalue weighted by molar-refractivity contribution is 5.90. The standard InChI is InChI=1S/C32H44N6O3/c1-21-5-8-26(9-6-21)33-18-25-17-24(7-12-29(25)39-4)28-11-10-27-30(34-28)35-32(38-14-16-41-20-23(38)3)36-31(27)37-13-15-40-19-22(37)2/h7,10-12,17,21-23,26,33H,5-6,8-9,13-16,18-20H2,1-4H3/t21?,22-,23-,26?/m0/s1. The van der Waals surface area contributed by atoms with E-state index in [0.29, 0.717) is 44.1 Å². The minimum absolute atomic E-state index is 0.198. The highest BCUT2D eigenvalue weighted by Crippen LogP contribution is 2.33. The molecule has 3 fully saturated rings. The van der Waals surface area contributed by atoms with Gasteiger partial charge in [0.15, 0.2) is 5.65 Å². The van der Waals surface area contributed by atoms with Gasteiger partial charge in [-0.15, -0.1) is 0 Å². The highest BCUT2D eigenvalue weighted by Gasteiger charge is 2.27. The number of ether oxygens (including phenoxy) is 3. The Balaban J connectivity index is 1.35. The van der Waals surface area contributed by atoms with Gasteiger partial charge in [-0.05, 0) is 75.8 Å². The van der Waals surface area contributed by atoms with Crippen LogP contribution in [0.1, 0.15) is 52.0 Å². The number of anilines is 2. The lowest BCUT2D eigenvalue weighted by molar-refractivity contribution is 0.0973. The Hall–Kier alpha value is -3.01. The van der Waals surface area contributed by atoms with E-state index in [4.69, 9.17) is 29.2 Å². The molecule has 9 heteroatoms. The summed E-state index contributed by atoms with van der Waals surface area (Å²) in [4.78, 5) is 19.9. The molecular weight excluding hydrogens is 516 g/mol. The summed E-state index contributed by atoms with van der Waals surface area (Å²) < 4.78 is 17.2. The molecule has 41 heavy (non-hydrogen) atoms. The van der Waals surface area contributed by atoms with Crippen molar-refractivity contribution in [2.75, 3.05) is 56.4 Å². The second-order valence-corrected chi connectivity index (χ2v) is 12.0. The molecule has 0 spiro atoms. The average molecular weight is 561 g/mol. The van der Waals surface area contributed by atoms with Crippen molar-refractivity contribution in [3.05, 3.63) is 35.9 Å². The van der Waals surface area contributed by atoms with Gasteiger partial charge in [-0.25, -0.2) is 4.98 Å². The Kier molecular flexibility index (Phi) is 8.55. The van der Waals surface area contributed by atoms with Gasteiger partial charge in [0, 0.05) is 36.8 Å². The van der Waals surface area contributed by atoms with Gasteiger partial charge in [0.05, 0.1) is 56.7 Å². The third kappa shape index (κ3) is 6.12. The maximum absolute atomic E-state index is 5.74. The number of nitrogens with one attached hydrogen (secondary N) is 1. The fourth-order valence-corrected chi connectivity index (χ4v) is 6.35. The number of hydrogen-bond acceptors (Lipinski definition) is 9. The number of rotatable bonds is 7. The minimum Gasteiger partial charge on any atom is -0.496 e. The van der Waals surface area contributed by atoms with Gasteiger partial charge in [0.2, 0.25) is 5.95 Å². The molecule has 220 valence electrons. The zero-order valence-electron chi connectivity index (χ0n) is 24.9. The molecule has 1 saturated carbocycles. The summed E-state index contributed by atoms with van der Waals surface area (Å²) in [5, 5.41) is 4.75. The number of pyridine rings is 1. The first-order valence-corrected chi connectivity index (χ1v) is 15.3. The summed E-state index contributed by atoms with van der Waals surface area (Å²) in [7, 11) is 1.74. The Morgan fingerprint density at radius 2 is 1.61 bits per heavy atom. The van der Waals surface area contributed by atoms with E-state index in [1.54, 1.807) is 7.11 Å². The largest absolute Gasteiger partial charge is 0.496 e. The minimum atomic E-state index is 0.198. The van der Waals surface area contributed by atoms with Crippen LogP contribution in [-0.4, -0.2) is 79.7 Å². The maximum Gasteiger partial charge on any atom is 0.229 e. The molecule has 2 atom stereocenters. The topological polar surface area (TPSA) is 84.9 Å². The molecule has 9 nitrogen and oxygen atoms in total. The van der Waals surface area contributed by atoms with Gasteiger partial charge in [-0.3, -0.25) is 0 Å².